The maximum absolute atomic E-state index is 13.1. The Balaban J connectivity index is 2.46. The van der Waals surface area contributed by atoms with Gasteiger partial charge in [-0.25, -0.2) is 4.39 Å². The van der Waals surface area contributed by atoms with E-state index in [-0.39, 0.29) is 11.9 Å². The molecule has 0 saturated carbocycles. The SMILES string of the molecule is NNC1CCc2c(F)cccc21. The Bertz CT molecular complexity index is 299. The minimum absolute atomic E-state index is 0.106. The van der Waals surface area contributed by atoms with Crippen molar-refractivity contribution in [2.75, 3.05) is 0 Å². The quantitative estimate of drug-likeness (QED) is 0.487. The van der Waals surface area contributed by atoms with Crippen molar-refractivity contribution in [1.29, 1.82) is 0 Å². The van der Waals surface area contributed by atoms with E-state index in [1.54, 1.807) is 6.07 Å². The Hall–Kier alpha value is -0.930. The van der Waals surface area contributed by atoms with Gasteiger partial charge in [-0.15, -0.1) is 0 Å². The number of rotatable bonds is 1. The monoisotopic (exact) mass is 166 g/mol. The zero-order chi connectivity index (χ0) is 8.55. The second-order valence-electron chi connectivity index (χ2n) is 3.07. The highest BCUT2D eigenvalue weighted by molar-refractivity contribution is 5.35. The number of nitrogens with two attached hydrogens (primary N) is 1. The van der Waals surface area contributed by atoms with E-state index in [4.69, 9.17) is 5.84 Å². The van der Waals surface area contributed by atoms with Crippen LogP contribution in [0.5, 0.6) is 0 Å². The number of fused-ring (bicyclic) bond motifs is 1. The van der Waals surface area contributed by atoms with Gasteiger partial charge in [-0.05, 0) is 30.0 Å². The molecule has 0 heterocycles. The zero-order valence-electron chi connectivity index (χ0n) is 6.68. The average Bonchev–Trinajstić information content (AvgIpc) is 2.49. The van der Waals surface area contributed by atoms with Crippen molar-refractivity contribution in [3.8, 4) is 0 Å². The number of benzene rings is 1. The molecule has 3 heteroatoms. The van der Waals surface area contributed by atoms with Crippen LogP contribution in [-0.4, -0.2) is 0 Å². The van der Waals surface area contributed by atoms with Gasteiger partial charge in [0.2, 0.25) is 0 Å². The summed E-state index contributed by atoms with van der Waals surface area (Å²) in [6.07, 6.45) is 1.68. The van der Waals surface area contributed by atoms with Crippen molar-refractivity contribution in [1.82, 2.24) is 5.43 Å². The summed E-state index contributed by atoms with van der Waals surface area (Å²) < 4.78 is 13.1. The predicted molar refractivity (Wildman–Crippen MR) is 44.8 cm³/mol. The van der Waals surface area contributed by atoms with Crippen LogP contribution in [0.2, 0.25) is 0 Å². The third-order valence-corrected chi connectivity index (χ3v) is 2.41. The lowest BCUT2D eigenvalue weighted by Gasteiger charge is -2.08. The van der Waals surface area contributed by atoms with Gasteiger partial charge in [0.15, 0.2) is 0 Å². The molecule has 0 fully saturated rings. The topological polar surface area (TPSA) is 38.0 Å². The van der Waals surface area contributed by atoms with Crippen LogP contribution in [0, 0.1) is 5.82 Å². The van der Waals surface area contributed by atoms with E-state index >= 15 is 0 Å². The number of nitrogens with one attached hydrogen (secondary N) is 1. The summed E-state index contributed by atoms with van der Waals surface area (Å²) in [5.41, 5.74) is 4.51. The molecular weight excluding hydrogens is 155 g/mol. The molecular formula is C9H11FN2. The van der Waals surface area contributed by atoms with Gasteiger partial charge in [0, 0.05) is 6.04 Å². The fourth-order valence-electron chi connectivity index (χ4n) is 1.78. The smallest absolute Gasteiger partial charge is 0.126 e. The van der Waals surface area contributed by atoms with Crippen LogP contribution in [-0.2, 0) is 6.42 Å². The largest absolute Gasteiger partial charge is 0.271 e. The van der Waals surface area contributed by atoms with Gasteiger partial charge in [-0.1, -0.05) is 12.1 Å². The van der Waals surface area contributed by atoms with E-state index in [0.717, 1.165) is 24.0 Å². The zero-order valence-corrected chi connectivity index (χ0v) is 6.68. The highest BCUT2D eigenvalue weighted by Crippen LogP contribution is 2.31. The highest BCUT2D eigenvalue weighted by atomic mass is 19.1. The summed E-state index contributed by atoms with van der Waals surface area (Å²) in [5.74, 6) is 5.22. The fraction of sp³-hybridized carbons (Fsp3) is 0.333. The highest BCUT2D eigenvalue weighted by Gasteiger charge is 2.23. The van der Waals surface area contributed by atoms with Crippen molar-refractivity contribution < 1.29 is 4.39 Å². The molecule has 0 bridgehead atoms. The van der Waals surface area contributed by atoms with Crippen LogP contribution in [0.1, 0.15) is 23.6 Å². The second kappa shape index (κ2) is 2.84. The summed E-state index contributed by atoms with van der Waals surface area (Å²) in [5, 5.41) is 0. The van der Waals surface area contributed by atoms with Crippen LogP contribution in [0.4, 0.5) is 4.39 Å². The molecule has 1 aromatic rings. The molecule has 0 saturated heterocycles. The molecule has 1 unspecified atom stereocenters. The molecule has 1 atom stereocenters. The number of hydrazine groups is 1. The summed E-state index contributed by atoms with van der Waals surface area (Å²) in [6.45, 7) is 0. The molecule has 1 aliphatic rings. The third-order valence-electron chi connectivity index (χ3n) is 2.41. The molecule has 2 rings (SSSR count). The van der Waals surface area contributed by atoms with Gasteiger partial charge >= 0.3 is 0 Å². The normalized spacial score (nSPS) is 21.0. The lowest BCUT2D eigenvalue weighted by molar-refractivity contribution is 0.551. The second-order valence-corrected chi connectivity index (χ2v) is 3.07. The van der Waals surface area contributed by atoms with Crippen LogP contribution >= 0.6 is 0 Å². The third kappa shape index (κ3) is 1.02. The molecule has 12 heavy (non-hydrogen) atoms. The van der Waals surface area contributed by atoms with Gasteiger partial charge in [0.25, 0.3) is 0 Å². The first-order valence-electron chi connectivity index (χ1n) is 4.06. The molecule has 64 valence electrons. The standard InChI is InChI=1S/C9H11FN2/c10-8-3-1-2-7-6(8)4-5-9(7)12-11/h1-3,9,12H,4-5,11H2. The summed E-state index contributed by atoms with van der Waals surface area (Å²) in [7, 11) is 0. The number of hydrogen-bond donors (Lipinski definition) is 2. The first-order chi connectivity index (χ1) is 5.83. The van der Waals surface area contributed by atoms with Crippen LogP contribution in [0.25, 0.3) is 0 Å². The Morgan fingerprint density at radius 3 is 3.08 bits per heavy atom. The number of hydrogen-bond acceptors (Lipinski definition) is 2. The van der Waals surface area contributed by atoms with E-state index < -0.39 is 0 Å². The molecule has 0 aromatic heterocycles. The molecule has 0 amide bonds. The predicted octanol–water partition coefficient (Wildman–Crippen LogP) is 1.28. The van der Waals surface area contributed by atoms with Gasteiger partial charge in [0.1, 0.15) is 5.82 Å². The van der Waals surface area contributed by atoms with E-state index in [9.17, 15) is 4.39 Å². The van der Waals surface area contributed by atoms with Gasteiger partial charge in [-0.2, -0.15) is 0 Å². The molecule has 0 aliphatic heterocycles. The van der Waals surface area contributed by atoms with E-state index in [1.165, 1.54) is 6.07 Å². The maximum Gasteiger partial charge on any atom is 0.126 e. The van der Waals surface area contributed by atoms with Crippen LogP contribution < -0.4 is 11.3 Å². The Morgan fingerprint density at radius 1 is 1.50 bits per heavy atom. The van der Waals surface area contributed by atoms with E-state index in [1.807, 2.05) is 6.07 Å². The van der Waals surface area contributed by atoms with Crippen molar-refractivity contribution >= 4 is 0 Å². The summed E-state index contributed by atoms with van der Waals surface area (Å²) in [6, 6.07) is 5.29. The first-order valence-corrected chi connectivity index (χ1v) is 4.06. The Labute approximate surface area is 70.5 Å². The Kier molecular flexibility index (Phi) is 1.83. The minimum atomic E-state index is -0.106. The van der Waals surface area contributed by atoms with Crippen LogP contribution in [0.3, 0.4) is 0 Å². The summed E-state index contributed by atoms with van der Waals surface area (Å²) in [4.78, 5) is 0. The molecule has 1 aromatic carbocycles. The van der Waals surface area contributed by atoms with Gasteiger partial charge in [-0.3, -0.25) is 11.3 Å². The van der Waals surface area contributed by atoms with Crippen molar-refractivity contribution in [2.24, 2.45) is 5.84 Å². The van der Waals surface area contributed by atoms with E-state index in [0.29, 0.717) is 0 Å². The van der Waals surface area contributed by atoms with Crippen LogP contribution in [0.15, 0.2) is 18.2 Å². The van der Waals surface area contributed by atoms with E-state index in [2.05, 4.69) is 5.43 Å². The molecule has 0 spiro atoms. The molecule has 3 N–H and O–H groups in total. The Morgan fingerprint density at radius 2 is 2.33 bits per heavy atom. The molecule has 1 aliphatic carbocycles. The summed E-state index contributed by atoms with van der Waals surface area (Å²) >= 11 is 0. The number of halogens is 1. The maximum atomic E-state index is 13.1. The van der Waals surface area contributed by atoms with Crippen molar-refractivity contribution in [3.05, 3.63) is 35.1 Å². The fourth-order valence-corrected chi connectivity index (χ4v) is 1.78. The average molecular weight is 166 g/mol. The lowest BCUT2D eigenvalue weighted by Crippen LogP contribution is -2.26. The van der Waals surface area contributed by atoms with Crippen molar-refractivity contribution in [2.45, 2.75) is 18.9 Å². The molecule has 0 radical (unpaired) electrons. The lowest BCUT2D eigenvalue weighted by atomic mass is 10.1. The van der Waals surface area contributed by atoms with Gasteiger partial charge < -0.3 is 0 Å². The van der Waals surface area contributed by atoms with Crippen molar-refractivity contribution in [3.63, 3.8) is 0 Å². The minimum Gasteiger partial charge on any atom is -0.271 e. The first kappa shape index (κ1) is 7.71. The molecule has 2 nitrogen and oxygen atoms in total. The van der Waals surface area contributed by atoms with Gasteiger partial charge in [0.05, 0.1) is 0 Å².